The molecule has 1 aromatic carbocycles. The van der Waals surface area contributed by atoms with Gasteiger partial charge in [0.05, 0.1) is 13.2 Å². The van der Waals surface area contributed by atoms with Crippen LogP contribution in [-0.2, 0) is 4.74 Å². The number of morpholine rings is 1. The lowest BCUT2D eigenvalue weighted by Gasteiger charge is -2.30. The summed E-state index contributed by atoms with van der Waals surface area (Å²) < 4.78 is 5.40. The molecule has 1 heterocycles. The van der Waals surface area contributed by atoms with Crippen molar-refractivity contribution in [3.63, 3.8) is 0 Å². The van der Waals surface area contributed by atoms with Gasteiger partial charge in [-0.1, -0.05) is 6.92 Å². The highest BCUT2D eigenvalue weighted by atomic mass is 16.5. The van der Waals surface area contributed by atoms with Crippen LogP contribution in [0, 0.1) is 5.92 Å². The molecule has 0 unspecified atom stereocenters. The molecule has 3 nitrogen and oxygen atoms in total. The van der Waals surface area contributed by atoms with Gasteiger partial charge in [0.15, 0.2) is 0 Å². The van der Waals surface area contributed by atoms with Crippen LogP contribution in [0.15, 0.2) is 24.3 Å². The topological polar surface area (TPSA) is 24.5 Å². The first-order valence-corrected chi connectivity index (χ1v) is 8.00. The number of hydrogen-bond donors (Lipinski definition) is 1. The van der Waals surface area contributed by atoms with Gasteiger partial charge in [0, 0.05) is 30.5 Å². The van der Waals surface area contributed by atoms with E-state index in [1.54, 1.807) is 0 Å². The Bertz CT molecular complexity index is 404. The zero-order valence-electron chi connectivity index (χ0n) is 12.5. The lowest BCUT2D eigenvalue weighted by molar-refractivity contribution is 0.122. The van der Waals surface area contributed by atoms with E-state index in [1.165, 1.54) is 37.1 Å². The van der Waals surface area contributed by atoms with Crippen molar-refractivity contribution < 1.29 is 4.74 Å². The molecule has 1 aliphatic heterocycles. The van der Waals surface area contributed by atoms with E-state index in [2.05, 4.69) is 41.4 Å². The molecule has 2 aliphatic rings. The van der Waals surface area contributed by atoms with Crippen LogP contribution in [0.5, 0.6) is 0 Å². The first-order chi connectivity index (χ1) is 9.81. The molecule has 0 amide bonds. The van der Waals surface area contributed by atoms with E-state index in [4.69, 9.17) is 4.74 Å². The predicted molar refractivity (Wildman–Crippen MR) is 84.5 cm³/mol. The molecule has 3 heteroatoms. The van der Waals surface area contributed by atoms with E-state index in [9.17, 15) is 0 Å². The quantitative estimate of drug-likeness (QED) is 0.913. The molecular weight excluding hydrogens is 248 g/mol. The van der Waals surface area contributed by atoms with Gasteiger partial charge in [0.2, 0.25) is 0 Å². The number of anilines is 2. The van der Waals surface area contributed by atoms with Crippen molar-refractivity contribution >= 4 is 11.4 Å². The number of nitrogens with zero attached hydrogens (tertiary/aromatic N) is 1. The minimum atomic E-state index is 0.667. The van der Waals surface area contributed by atoms with Gasteiger partial charge in [-0.05, 0) is 55.9 Å². The molecule has 1 N–H and O–H groups in total. The summed E-state index contributed by atoms with van der Waals surface area (Å²) in [5.74, 6) is 0.914. The predicted octanol–water partition coefficient (Wildman–Crippen LogP) is 3.51. The largest absolute Gasteiger partial charge is 0.382 e. The maximum absolute atomic E-state index is 5.40. The Morgan fingerprint density at radius 2 is 1.65 bits per heavy atom. The normalized spacial score (nSPS) is 27.4. The van der Waals surface area contributed by atoms with E-state index < -0.39 is 0 Å². The fourth-order valence-corrected chi connectivity index (χ4v) is 3.23. The van der Waals surface area contributed by atoms with Crippen LogP contribution in [0.1, 0.15) is 32.6 Å². The highest BCUT2D eigenvalue weighted by Gasteiger charge is 2.18. The zero-order chi connectivity index (χ0) is 13.8. The lowest BCUT2D eigenvalue weighted by Crippen LogP contribution is -2.36. The van der Waals surface area contributed by atoms with Crippen LogP contribution in [-0.4, -0.2) is 32.3 Å². The van der Waals surface area contributed by atoms with Crippen LogP contribution in [0.4, 0.5) is 11.4 Å². The summed E-state index contributed by atoms with van der Waals surface area (Å²) in [7, 11) is 0. The summed E-state index contributed by atoms with van der Waals surface area (Å²) in [4.78, 5) is 2.40. The fourth-order valence-electron chi connectivity index (χ4n) is 3.23. The molecule has 0 spiro atoms. The minimum Gasteiger partial charge on any atom is -0.382 e. The van der Waals surface area contributed by atoms with E-state index in [1.807, 2.05) is 0 Å². The van der Waals surface area contributed by atoms with Gasteiger partial charge >= 0.3 is 0 Å². The average Bonchev–Trinajstić information content (AvgIpc) is 2.51. The molecule has 3 rings (SSSR count). The van der Waals surface area contributed by atoms with Gasteiger partial charge in [-0.25, -0.2) is 0 Å². The minimum absolute atomic E-state index is 0.667. The molecule has 1 aromatic rings. The standard InChI is InChI=1S/C17H26N2O/c1-14-2-4-15(5-3-14)18-16-6-8-17(9-7-16)19-10-12-20-13-11-19/h6-9,14-15,18H,2-5,10-13H2,1H3/t14-,15+. The first kappa shape index (κ1) is 13.7. The maximum atomic E-state index is 5.40. The van der Waals surface area contributed by atoms with Crippen molar-refractivity contribution in [2.45, 2.75) is 38.6 Å². The highest BCUT2D eigenvalue weighted by molar-refractivity contribution is 5.55. The van der Waals surface area contributed by atoms with Gasteiger partial charge in [-0.15, -0.1) is 0 Å². The summed E-state index contributed by atoms with van der Waals surface area (Å²) in [6, 6.07) is 9.59. The van der Waals surface area contributed by atoms with Gasteiger partial charge < -0.3 is 15.0 Å². The Kier molecular flexibility index (Phi) is 4.46. The molecule has 1 aliphatic carbocycles. The maximum Gasteiger partial charge on any atom is 0.0642 e. The number of rotatable bonds is 3. The fraction of sp³-hybridized carbons (Fsp3) is 0.647. The summed E-state index contributed by atoms with van der Waals surface area (Å²) in [6.07, 6.45) is 5.35. The highest BCUT2D eigenvalue weighted by Crippen LogP contribution is 2.27. The Balaban J connectivity index is 1.55. The Hall–Kier alpha value is -1.22. The molecule has 0 aromatic heterocycles. The first-order valence-electron chi connectivity index (χ1n) is 8.00. The van der Waals surface area contributed by atoms with E-state index in [-0.39, 0.29) is 0 Å². The number of ether oxygens (including phenoxy) is 1. The van der Waals surface area contributed by atoms with Crippen LogP contribution in [0.25, 0.3) is 0 Å². The van der Waals surface area contributed by atoms with Crippen LogP contribution >= 0.6 is 0 Å². The molecule has 0 bridgehead atoms. The second kappa shape index (κ2) is 6.49. The molecule has 1 saturated carbocycles. The lowest BCUT2D eigenvalue weighted by atomic mass is 9.87. The number of nitrogens with one attached hydrogen (secondary N) is 1. The van der Waals surface area contributed by atoms with Gasteiger partial charge in [-0.2, -0.15) is 0 Å². The summed E-state index contributed by atoms with van der Waals surface area (Å²) >= 11 is 0. The van der Waals surface area contributed by atoms with Crippen molar-refractivity contribution in [3.8, 4) is 0 Å². The SMILES string of the molecule is C[C@H]1CC[C@@H](Nc2ccc(N3CCOCC3)cc2)CC1. The third kappa shape index (κ3) is 3.45. The molecule has 0 atom stereocenters. The van der Waals surface area contributed by atoms with Crippen LogP contribution in [0.3, 0.4) is 0 Å². The number of benzene rings is 1. The molecule has 1 saturated heterocycles. The van der Waals surface area contributed by atoms with E-state index in [0.29, 0.717) is 6.04 Å². The monoisotopic (exact) mass is 274 g/mol. The summed E-state index contributed by atoms with van der Waals surface area (Å²) in [6.45, 7) is 6.08. The molecule has 2 fully saturated rings. The third-order valence-corrected chi connectivity index (χ3v) is 4.63. The second-order valence-corrected chi connectivity index (χ2v) is 6.25. The van der Waals surface area contributed by atoms with Crippen molar-refractivity contribution in [2.24, 2.45) is 5.92 Å². The summed E-state index contributed by atoms with van der Waals surface area (Å²) in [5.41, 5.74) is 2.58. The Morgan fingerprint density at radius 3 is 2.30 bits per heavy atom. The second-order valence-electron chi connectivity index (χ2n) is 6.25. The zero-order valence-corrected chi connectivity index (χ0v) is 12.5. The van der Waals surface area contributed by atoms with E-state index in [0.717, 1.165) is 32.2 Å². The molecule has 110 valence electrons. The van der Waals surface area contributed by atoms with Crippen LogP contribution < -0.4 is 10.2 Å². The van der Waals surface area contributed by atoms with Crippen molar-refractivity contribution in [3.05, 3.63) is 24.3 Å². The smallest absolute Gasteiger partial charge is 0.0642 e. The van der Waals surface area contributed by atoms with Gasteiger partial charge in [-0.3, -0.25) is 0 Å². The average molecular weight is 274 g/mol. The third-order valence-electron chi connectivity index (χ3n) is 4.63. The van der Waals surface area contributed by atoms with Gasteiger partial charge in [0.25, 0.3) is 0 Å². The van der Waals surface area contributed by atoms with E-state index >= 15 is 0 Å². The molecular formula is C17H26N2O. The summed E-state index contributed by atoms with van der Waals surface area (Å²) in [5, 5.41) is 3.69. The molecule has 0 radical (unpaired) electrons. The van der Waals surface area contributed by atoms with Crippen LogP contribution in [0.2, 0.25) is 0 Å². The Labute approximate surface area is 122 Å². The van der Waals surface area contributed by atoms with Gasteiger partial charge in [0.1, 0.15) is 0 Å². The van der Waals surface area contributed by atoms with Crippen molar-refractivity contribution in [2.75, 3.05) is 36.5 Å². The van der Waals surface area contributed by atoms with Crippen molar-refractivity contribution in [1.29, 1.82) is 0 Å². The molecule has 20 heavy (non-hydrogen) atoms. The van der Waals surface area contributed by atoms with Crippen molar-refractivity contribution in [1.82, 2.24) is 0 Å². The Morgan fingerprint density at radius 1 is 1.00 bits per heavy atom. The number of hydrogen-bond acceptors (Lipinski definition) is 3.